The third kappa shape index (κ3) is 3.50. The van der Waals surface area contributed by atoms with E-state index in [1.165, 1.54) is 32.1 Å². The van der Waals surface area contributed by atoms with Gasteiger partial charge in [0.15, 0.2) is 0 Å². The second-order valence-corrected chi connectivity index (χ2v) is 6.62. The largest absolute Gasteiger partial charge is 0.368 e. The Balaban J connectivity index is 2.10. The van der Waals surface area contributed by atoms with Crippen LogP contribution in [0.4, 0.5) is 5.82 Å². The van der Waals surface area contributed by atoms with Crippen LogP contribution in [0.1, 0.15) is 57.2 Å². The highest BCUT2D eigenvalue weighted by Gasteiger charge is 2.34. The molecule has 0 spiro atoms. The Hall–Kier alpha value is -1.56. The van der Waals surface area contributed by atoms with Gasteiger partial charge < -0.3 is 5.32 Å². The van der Waals surface area contributed by atoms with Crippen LogP contribution < -0.4 is 5.32 Å². The zero-order valence-electron chi connectivity index (χ0n) is 12.9. The molecule has 2 rings (SSSR count). The molecule has 1 aliphatic rings. The van der Waals surface area contributed by atoms with Crippen molar-refractivity contribution in [2.24, 2.45) is 11.3 Å². The number of nitriles is 1. The molecule has 0 amide bonds. The van der Waals surface area contributed by atoms with Gasteiger partial charge in [-0.2, -0.15) is 5.26 Å². The molecule has 3 heteroatoms. The molecule has 1 aromatic heterocycles. The molecule has 3 nitrogen and oxygen atoms in total. The summed E-state index contributed by atoms with van der Waals surface area (Å²) in [6, 6.07) is 5.97. The summed E-state index contributed by atoms with van der Waals surface area (Å²) in [5, 5.41) is 12.6. The van der Waals surface area contributed by atoms with Crippen LogP contribution in [0.3, 0.4) is 0 Å². The SMILES string of the molecule is Cc1ccc(C#N)c(NCC2(CC(C)C)CCCC2)n1. The van der Waals surface area contributed by atoms with Crippen LogP contribution in [0.25, 0.3) is 0 Å². The molecule has 108 valence electrons. The van der Waals surface area contributed by atoms with E-state index in [0.717, 1.165) is 24.0 Å². The number of hydrogen-bond donors (Lipinski definition) is 1. The molecule has 0 aromatic carbocycles. The summed E-state index contributed by atoms with van der Waals surface area (Å²) in [6.45, 7) is 7.50. The topological polar surface area (TPSA) is 48.7 Å². The highest BCUT2D eigenvalue weighted by atomic mass is 15.0. The van der Waals surface area contributed by atoms with Crippen molar-refractivity contribution in [2.45, 2.75) is 52.9 Å². The Labute approximate surface area is 122 Å². The minimum absolute atomic E-state index is 0.395. The quantitative estimate of drug-likeness (QED) is 0.869. The van der Waals surface area contributed by atoms with Gasteiger partial charge in [0.2, 0.25) is 0 Å². The maximum Gasteiger partial charge on any atom is 0.144 e. The van der Waals surface area contributed by atoms with Gasteiger partial charge in [0.1, 0.15) is 11.9 Å². The van der Waals surface area contributed by atoms with E-state index in [-0.39, 0.29) is 0 Å². The molecule has 1 fully saturated rings. The van der Waals surface area contributed by atoms with Crippen molar-refractivity contribution in [3.05, 3.63) is 23.4 Å². The predicted molar refractivity (Wildman–Crippen MR) is 82.5 cm³/mol. The van der Waals surface area contributed by atoms with E-state index in [1.54, 1.807) is 0 Å². The molecule has 1 aliphatic carbocycles. The lowest BCUT2D eigenvalue weighted by molar-refractivity contribution is 0.252. The highest BCUT2D eigenvalue weighted by molar-refractivity contribution is 5.52. The standard InChI is InChI=1S/C17H25N3/c1-13(2)10-17(8-4-5-9-17)12-19-16-15(11-18)7-6-14(3)20-16/h6-7,13H,4-5,8-10,12H2,1-3H3,(H,19,20). The lowest BCUT2D eigenvalue weighted by atomic mass is 9.78. The number of nitrogens with zero attached hydrogens (tertiary/aromatic N) is 2. The molecule has 1 aromatic rings. The molecule has 0 atom stereocenters. The Bertz CT molecular complexity index is 493. The van der Waals surface area contributed by atoms with E-state index in [2.05, 4.69) is 30.2 Å². The third-order valence-corrected chi connectivity index (χ3v) is 4.29. The predicted octanol–water partition coefficient (Wildman–Crippen LogP) is 4.28. The third-order valence-electron chi connectivity index (χ3n) is 4.29. The van der Waals surface area contributed by atoms with Gasteiger partial charge in [0, 0.05) is 12.2 Å². The number of nitrogens with one attached hydrogen (secondary N) is 1. The van der Waals surface area contributed by atoms with Crippen LogP contribution >= 0.6 is 0 Å². The van der Waals surface area contributed by atoms with E-state index in [4.69, 9.17) is 0 Å². The fourth-order valence-electron chi connectivity index (χ4n) is 3.50. The summed E-state index contributed by atoms with van der Waals surface area (Å²) in [5.41, 5.74) is 2.00. The van der Waals surface area contributed by atoms with Crippen molar-refractivity contribution in [1.29, 1.82) is 5.26 Å². The number of hydrogen-bond acceptors (Lipinski definition) is 3. The fraction of sp³-hybridized carbons (Fsp3) is 0.647. The first-order chi connectivity index (χ1) is 9.54. The van der Waals surface area contributed by atoms with Gasteiger partial charge in [-0.3, -0.25) is 0 Å². The smallest absolute Gasteiger partial charge is 0.144 e. The summed E-state index contributed by atoms with van der Waals surface area (Å²) < 4.78 is 0. The van der Waals surface area contributed by atoms with Gasteiger partial charge >= 0.3 is 0 Å². The van der Waals surface area contributed by atoms with E-state index < -0.39 is 0 Å². The first-order valence-corrected chi connectivity index (χ1v) is 7.66. The summed E-state index contributed by atoms with van der Waals surface area (Å²) in [5.74, 6) is 1.47. The minimum atomic E-state index is 0.395. The van der Waals surface area contributed by atoms with E-state index in [9.17, 15) is 5.26 Å². The van der Waals surface area contributed by atoms with Gasteiger partial charge in [-0.15, -0.1) is 0 Å². The van der Waals surface area contributed by atoms with Crippen molar-refractivity contribution in [3.8, 4) is 6.07 Å². The second-order valence-electron chi connectivity index (χ2n) is 6.62. The van der Waals surface area contributed by atoms with E-state index in [0.29, 0.717) is 11.0 Å². The molecule has 1 saturated carbocycles. The number of rotatable bonds is 5. The normalized spacial score (nSPS) is 17.1. The van der Waals surface area contributed by atoms with Gasteiger partial charge in [0.05, 0.1) is 5.56 Å². The minimum Gasteiger partial charge on any atom is -0.368 e. The Kier molecular flexibility index (Phi) is 4.65. The van der Waals surface area contributed by atoms with Crippen LogP contribution in [0.2, 0.25) is 0 Å². The van der Waals surface area contributed by atoms with Crippen molar-refractivity contribution in [3.63, 3.8) is 0 Å². The first-order valence-electron chi connectivity index (χ1n) is 7.66. The monoisotopic (exact) mass is 271 g/mol. The molecule has 0 radical (unpaired) electrons. The summed E-state index contributed by atoms with van der Waals surface area (Å²) in [7, 11) is 0. The average molecular weight is 271 g/mol. The fourth-order valence-corrected chi connectivity index (χ4v) is 3.50. The van der Waals surface area contributed by atoms with Crippen molar-refractivity contribution >= 4 is 5.82 Å². The van der Waals surface area contributed by atoms with Gasteiger partial charge in [-0.1, -0.05) is 26.7 Å². The molecule has 1 heterocycles. The Morgan fingerprint density at radius 3 is 2.65 bits per heavy atom. The lowest BCUT2D eigenvalue weighted by Crippen LogP contribution is -2.29. The number of aryl methyl sites for hydroxylation is 1. The van der Waals surface area contributed by atoms with Crippen LogP contribution in [-0.4, -0.2) is 11.5 Å². The maximum absolute atomic E-state index is 9.18. The van der Waals surface area contributed by atoms with Crippen LogP contribution in [0.5, 0.6) is 0 Å². The zero-order chi connectivity index (χ0) is 14.6. The molecule has 0 unspecified atom stereocenters. The molecule has 1 N–H and O–H groups in total. The molecule has 0 bridgehead atoms. The van der Waals surface area contributed by atoms with Crippen molar-refractivity contribution in [1.82, 2.24) is 4.98 Å². The number of anilines is 1. The maximum atomic E-state index is 9.18. The Morgan fingerprint density at radius 1 is 1.35 bits per heavy atom. The molecule has 0 saturated heterocycles. The van der Waals surface area contributed by atoms with Crippen LogP contribution in [0, 0.1) is 29.6 Å². The molecule has 0 aliphatic heterocycles. The summed E-state index contributed by atoms with van der Waals surface area (Å²) in [4.78, 5) is 4.48. The first kappa shape index (κ1) is 14.8. The van der Waals surface area contributed by atoms with Crippen LogP contribution in [0.15, 0.2) is 12.1 Å². The van der Waals surface area contributed by atoms with E-state index >= 15 is 0 Å². The summed E-state index contributed by atoms with van der Waals surface area (Å²) in [6.07, 6.45) is 6.52. The zero-order valence-corrected chi connectivity index (χ0v) is 12.9. The van der Waals surface area contributed by atoms with Crippen molar-refractivity contribution in [2.75, 3.05) is 11.9 Å². The van der Waals surface area contributed by atoms with Gasteiger partial charge in [-0.05, 0) is 49.7 Å². The Morgan fingerprint density at radius 2 is 2.05 bits per heavy atom. The van der Waals surface area contributed by atoms with Crippen molar-refractivity contribution < 1.29 is 0 Å². The number of pyridine rings is 1. The highest BCUT2D eigenvalue weighted by Crippen LogP contribution is 2.43. The molecule has 20 heavy (non-hydrogen) atoms. The average Bonchev–Trinajstić information content (AvgIpc) is 2.84. The number of aromatic nitrogens is 1. The van der Waals surface area contributed by atoms with Gasteiger partial charge in [-0.25, -0.2) is 4.98 Å². The van der Waals surface area contributed by atoms with Crippen LogP contribution in [-0.2, 0) is 0 Å². The molecular formula is C17H25N3. The summed E-state index contributed by atoms with van der Waals surface area (Å²) >= 11 is 0. The lowest BCUT2D eigenvalue weighted by Gasteiger charge is -2.31. The second kappa shape index (κ2) is 6.26. The van der Waals surface area contributed by atoms with Gasteiger partial charge in [0.25, 0.3) is 0 Å². The van der Waals surface area contributed by atoms with E-state index in [1.807, 2.05) is 19.1 Å². The molecular weight excluding hydrogens is 246 g/mol.